The van der Waals surface area contributed by atoms with E-state index in [0.717, 1.165) is 38.5 Å². The van der Waals surface area contributed by atoms with Crippen molar-refractivity contribution in [3.63, 3.8) is 0 Å². The van der Waals surface area contributed by atoms with E-state index < -0.39 is 31.1 Å². The third-order valence-electron chi connectivity index (χ3n) is 3.33. The number of unbranched alkanes of at least 4 members (excludes halogenated alkanes) is 3. The van der Waals surface area contributed by atoms with E-state index in [-0.39, 0.29) is 0 Å². The van der Waals surface area contributed by atoms with Gasteiger partial charge in [-0.15, -0.1) is 0 Å². The van der Waals surface area contributed by atoms with Crippen molar-refractivity contribution in [2.45, 2.75) is 59.3 Å². The first kappa shape index (κ1) is 24.8. The van der Waals surface area contributed by atoms with Crippen molar-refractivity contribution in [3.8, 4) is 0 Å². The van der Waals surface area contributed by atoms with Crippen LogP contribution in [0.25, 0.3) is 0 Å². The molecule has 0 aromatic rings. The normalized spacial score (nSPS) is 12.8. The Balaban J connectivity index is 5.23. The van der Waals surface area contributed by atoms with Gasteiger partial charge in [0.25, 0.3) is 0 Å². The first-order valence-electron chi connectivity index (χ1n) is 8.85. The fourth-order valence-corrected chi connectivity index (χ4v) is 10.6. The summed E-state index contributed by atoms with van der Waals surface area (Å²) >= 11 is -4.18. The molecule has 0 bridgehead atoms. The van der Waals surface area contributed by atoms with Crippen LogP contribution in [0.5, 0.6) is 0 Å². The Morgan fingerprint density at radius 2 is 0.958 bits per heavy atom. The molecule has 0 saturated heterocycles. The van der Waals surface area contributed by atoms with Crippen molar-refractivity contribution >= 4 is 9.05 Å². The Kier molecular flexibility index (Phi) is 15.4. The molecule has 7 nitrogen and oxygen atoms in total. The molecule has 0 aliphatic carbocycles. The molecule has 0 heterocycles. The monoisotopic (exact) mass is 446 g/mol. The van der Waals surface area contributed by atoms with Crippen molar-refractivity contribution < 1.29 is 46.2 Å². The molecule has 0 N–H and O–H groups in total. The second-order valence-corrected chi connectivity index (χ2v) is 14.4. The molecule has 0 aliphatic rings. The van der Waals surface area contributed by atoms with Crippen molar-refractivity contribution in [3.05, 3.63) is 0 Å². The van der Waals surface area contributed by atoms with Gasteiger partial charge in [0.15, 0.2) is 0 Å². The van der Waals surface area contributed by atoms with E-state index in [0.29, 0.717) is 19.8 Å². The van der Waals surface area contributed by atoms with Crippen LogP contribution in [0.1, 0.15) is 59.3 Å². The van der Waals surface area contributed by atoms with Gasteiger partial charge in [0.1, 0.15) is 0 Å². The van der Waals surface area contributed by atoms with E-state index in [1.807, 2.05) is 0 Å². The Bertz CT molecular complexity index is 258. The number of hydrogen-bond donors (Lipinski definition) is 0. The average molecular weight is 448 g/mol. The minimum atomic E-state index is -4.18. The van der Waals surface area contributed by atoms with Gasteiger partial charge in [-0.25, -0.2) is 0 Å². The molecule has 0 atom stereocenters. The molecule has 0 aliphatic heterocycles. The molecule has 0 aromatic heterocycles. The molecule has 0 aromatic carbocycles. The summed E-state index contributed by atoms with van der Waals surface area (Å²) in [5.74, 6) is 0. The summed E-state index contributed by atoms with van der Waals surface area (Å²) in [7, 11) is 1.17. The zero-order chi connectivity index (χ0) is 18.3. The zero-order valence-electron chi connectivity index (χ0n) is 16.2. The second-order valence-electron chi connectivity index (χ2n) is 5.32. The van der Waals surface area contributed by atoms with Gasteiger partial charge in [0.05, 0.1) is 0 Å². The fourth-order valence-electron chi connectivity index (χ4n) is 1.77. The minimum absolute atomic E-state index is 0.514. The van der Waals surface area contributed by atoms with Gasteiger partial charge in [0.2, 0.25) is 0 Å². The third kappa shape index (κ3) is 9.50. The van der Waals surface area contributed by atoms with E-state index in [2.05, 4.69) is 20.8 Å². The summed E-state index contributed by atoms with van der Waals surface area (Å²) in [5.41, 5.74) is 0. The second kappa shape index (κ2) is 14.9. The van der Waals surface area contributed by atoms with Crippen molar-refractivity contribution in [1.29, 1.82) is 0 Å². The molecular weight excluding hydrogens is 411 g/mol. The summed E-state index contributed by atoms with van der Waals surface area (Å²) in [4.78, 5) is 0. The standard InChI is InChI=1S/C12H27O4Si.3CH3O.Zr/c1-4-7-10-14-17(13,15-11-8-5-2)16-12-9-6-3;3*1-2;/h4-12H2,1-3H3;3*1H3;/q4*-1;+4. The zero-order valence-corrected chi connectivity index (χ0v) is 19.7. The molecule has 0 fully saturated rings. The van der Waals surface area contributed by atoms with E-state index in [4.69, 9.17) is 24.2 Å². The van der Waals surface area contributed by atoms with E-state index >= 15 is 0 Å². The van der Waals surface area contributed by atoms with Crippen LogP contribution >= 0.6 is 0 Å². The van der Waals surface area contributed by atoms with Gasteiger partial charge >= 0.3 is 156 Å². The molecular formula is C15H36O7SiZr. The number of hydrogen-bond acceptors (Lipinski definition) is 7. The van der Waals surface area contributed by atoms with Crippen LogP contribution in [0.3, 0.4) is 0 Å². The molecule has 0 unspecified atom stereocenters. The quantitative estimate of drug-likeness (QED) is 0.249. The molecule has 0 spiro atoms. The Hall–Kier alpha value is 0.820. The molecule has 0 radical (unpaired) electrons. The SMILES string of the molecule is CCCCO[Si](OCCCC)(OCCCC)[O][Zr]([O]C)([O]C)[O]C. The number of rotatable bonds is 17. The first-order chi connectivity index (χ1) is 11.6. The van der Waals surface area contributed by atoms with E-state index in [1.54, 1.807) is 0 Å². The summed E-state index contributed by atoms with van der Waals surface area (Å²) < 4.78 is 40.5. The van der Waals surface area contributed by atoms with Crippen LogP contribution in [-0.2, 0) is 46.2 Å². The van der Waals surface area contributed by atoms with Gasteiger partial charge in [0, 0.05) is 0 Å². The fraction of sp³-hybridized carbons (Fsp3) is 1.00. The summed E-state index contributed by atoms with van der Waals surface area (Å²) in [6, 6.07) is 0. The van der Waals surface area contributed by atoms with Gasteiger partial charge in [-0.05, 0) is 0 Å². The van der Waals surface area contributed by atoms with Crippen molar-refractivity contribution in [2.24, 2.45) is 0 Å². The molecule has 0 rings (SSSR count). The van der Waals surface area contributed by atoms with Crippen LogP contribution < -0.4 is 0 Å². The third-order valence-corrected chi connectivity index (χ3v) is 12.9. The predicted octanol–water partition coefficient (Wildman–Crippen LogP) is 3.64. The van der Waals surface area contributed by atoms with Crippen molar-refractivity contribution in [1.82, 2.24) is 0 Å². The van der Waals surface area contributed by atoms with Gasteiger partial charge < -0.3 is 0 Å². The van der Waals surface area contributed by atoms with Crippen LogP contribution in [-0.4, -0.2) is 50.2 Å². The summed E-state index contributed by atoms with van der Waals surface area (Å²) in [6.45, 7) is 7.85. The Morgan fingerprint density at radius 3 is 1.21 bits per heavy atom. The Morgan fingerprint density at radius 1 is 0.625 bits per heavy atom. The Labute approximate surface area is 155 Å². The predicted molar refractivity (Wildman–Crippen MR) is 90.4 cm³/mol. The van der Waals surface area contributed by atoms with Gasteiger partial charge in [-0.2, -0.15) is 0 Å². The van der Waals surface area contributed by atoms with E-state index in [1.165, 1.54) is 21.3 Å². The van der Waals surface area contributed by atoms with Crippen molar-refractivity contribution in [2.75, 3.05) is 41.2 Å². The molecule has 0 amide bonds. The molecule has 9 heteroatoms. The maximum absolute atomic E-state index is 6.13. The van der Waals surface area contributed by atoms with Crippen LogP contribution in [0, 0.1) is 0 Å². The first-order valence-corrected chi connectivity index (χ1v) is 14.5. The summed E-state index contributed by atoms with van der Waals surface area (Å²) in [5, 5.41) is 0. The van der Waals surface area contributed by atoms with Crippen LogP contribution in [0.4, 0.5) is 0 Å². The van der Waals surface area contributed by atoms with Gasteiger partial charge in [-0.3, -0.25) is 0 Å². The maximum atomic E-state index is 6.13. The average Bonchev–Trinajstić information content (AvgIpc) is 2.60. The molecule has 24 heavy (non-hydrogen) atoms. The van der Waals surface area contributed by atoms with Crippen LogP contribution in [0.2, 0.25) is 0 Å². The van der Waals surface area contributed by atoms with Gasteiger partial charge in [-0.1, -0.05) is 0 Å². The molecule has 146 valence electrons. The van der Waals surface area contributed by atoms with E-state index in [9.17, 15) is 0 Å². The summed E-state index contributed by atoms with van der Waals surface area (Å²) in [6.07, 6.45) is 5.76. The van der Waals surface area contributed by atoms with Crippen LogP contribution in [0.15, 0.2) is 0 Å². The topological polar surface area (TPSA) is 64.6 Å². The molecule has 0 saturated carbocycles.